The molecule has 2 aromatic rings. The highest BCUT2D eigenvalue weighted by Crippen LogP contribution is 2.16. The third-order valence-corrected chi connectivity index (χ3v) is 5.40. The summed E-state index contributed by atoms with van der Waals surface area (Å²) in [5.41, 5.74) is 3.07. The third-order valence-electron chi connectivity index (χ3n) is 5.40. The van der Waals surface area contributed by atoms with Crippen LogP contribution in [0.15, 0.2) is 48.5 Å². The van der Waals surface area contributed by atoms with E-state index in [-0.39, 0.29) is 30.2 Å². The predicted molar refractivity (Wildman–Crippen MR) is 118 cm³/mol. The summed E-state index contributed by atoms with van der Waals surface area (Å²) in [6, 6.07) is 13.7. The maximum Gasteiger partial charge on any atom is 0.243 e. The van der Waals surface area contributed by atoms with E-state index in [1.165, 1.54) is 17.7 Å². The summed E-state index contributed by atoms with van der Waals surface area (Å²) in [4.78, 5) is 27.7. The molecular weight excluding hydrogens is 379 g/mol. The maximum absolute atomic E-state index is 13.3. The molecule has 0 bridgehead atoms. The third kappa shape index (κ3) is 6.97. The van der Waals surface area contributed by atoms with Crippen LogP contribution in [0.5, 0.6) is 0 Å². The van der Waals surface area contributed by atoms with Crippen molar-refractivity contribution in [2.75, 3.05) is 0 Å². The largest absolute Gasteiger partial charge is 0.352 e. The molecule has 2 atom stereocenters. The summed E-state index contributed by atoms with van der Waals surface area (Å²) in [5.74, 6) is -0.541. The molecule has 4 nitrogen and oxygen atoms in total. The van der Waals surface area contributed by atoms with Crippen LogP contribution in [0.2, 0.25) is 0 Å². The summed E-state index contributed by atoms with van der Waals surface area (Å²) in [6.07, 6.45) is 2.26. The lowest BCUT2D eigenvalue weighted by molar-refractivity contribution is -0.141. The van der Waals surface area contributed by atoms with Gasteiger partial charge >= 0.3 is 0 Å². The minimum Gasteiger partial charge on any atom is -0.352 e. The Morgan fingerprint density at radius 2 is 1.57 bits per heavy atom. The smallest absolute Gasteiger partial charge is 0.243 e. The van der Waals surface area contributed by atoms with E-state index >= 15 is 0 Å². The Labute approximate surface area is 179 Å². The van der Waals surface area contributed by atoms with Gasteiger partial charge in [-0.1, -0.05) is 55.8 Å². The summed E-state index contributed by atoms with van der Waals surface area (Å²) in [7, 11) is 0. The van der Waals surface area contributed by atoms with Gasteiger partial charge in [0.2, 0.25) is 11.8 Å². The lowest BCUT2D eigenvalue weighted by Crippen LogP contribution is -2.50. The lowest BCUT2D eigenvalue weighted by Gasteiger charge is -2.31. The van der Waals surface area contributed by atoms with Crippen molar-refractivity contribution in [3.8, 4) is 0 Å². The van der Waals surface area contributed by atoms with Crippen molar-refractivity contribution in [3.05, 3.63) is 71.0 Å². The predicted octanol–water partition coefficient (Wildman–Crippen LogP) is 4.79. The first kappa shape index (κ1) is 23.6. The van der Waals surface area contributed by atoms with Crippen LogP contribution in [0.4, 0.5) is 4.39 Å². The quantitative estimate of drug-likeness (QED) is 0.610. The fourth-order valence-electron chi connectivity index (χ4n) is 3.30. The number of benzene rings is 2. The van der Waals surface area contributed by atoms with Crippen LogP contribution in [0.3, 0.4) is 0 Å². The van der Waals surface area contributed by atoms with Crippen molar-refractivity contribution in [1.82, 2.24) is 10.2 Å². The van der Waals surface area contributed by atoms with Crippen molar-refractivity contribution in [2.24, 2.45) is 0 Å². The minimum absolute atomic E-state index is 0.0434. The first-order chi connectivity index (χ1) is 14.3. The lowest BCUT2D eigenvalue weighted by atomic mass is 10.0. The van der Waals surface area contributed by atoms with Crippen LogP contribution in [-0.4, -0.2) is 28.8 Å². The number of hydrogen-bond acceptors (Lipinski definition) is 2. The Morgan fingerprint density at radius 3 is 2.13 bits per heavy atom. The minimum atomic E-state index is -0.561. The molecule has 0 saturated heterocycles. The summed E-state index contributed by atoms with van der Waals surface area (Å²) in [5, 5.41) is 3.00. The fourth-order valence-corrected chi connectivity index (χ4v) is 3.30. The van der Waals surface area contributed by atoms with Gasteiger partial charge in [-0.05, 0) is 56.4 Å². The van der Waals surface area contributed by atoms with E-state index in [1.807, 2.05) is 52.0 Å². The molecule has 0 spiro atoms. The first-order valence-corrected chi connectivity index (χ1v) is 10.7. The summed E-state index contributed by atoms with van der Waals surface area (Å²) >= 11 is 0. The standard InChI is InChI=1S/C25H33FN2O2/c1-5-19(4)27-25(30)23(6-2)28(17-21-11-14-22(26)15-12-21)24(29)16-13-20-9-7-18(3)8-10-20/h7-12,14-15,19,23H,5-6,13,16-17H2,1-4H3,(H,27,30)/t19-,23+/m0/s1. The molecule has 0 aliphatic carbocycles. The number of rotatable bonds is 10. The van der Waals surface area contributed by atoms with E-state index in [1.54, 1.807) is 17.0 Å². The molecule has 30 heavy (non-hydrogen) atoms. The molecule has 2 amide bonds. The molecule has 162 valence electrons. The molecule has 0 radical (unpaired) electrons. The highest BCUT2D eigenvalue weighted by atomic mass is 19.1. The molecule has 2 rings (SSSR count). The van der Waals surface area contributed by atoms with Gasteiger partial charge in [0.25, 0.3) is 0 Å². The molecular formula is C25H33FN2O2. The molecule has 0 aliphatic rings. The van der Waals surface area contributed by atoms with Gasteiger partial charge in [-0.25, -0.2) is 4.39 Å². The van der Waals surface area contributed by atoms with Gasteiger partial charge in [-0.15, -0.1) is 0 Å². The van der Waals surface area contributed by atoms with Gasteiger partial charge < -0.3 is 10.2 Å². The van der Waals surface area contributed by atoms with Gasteiger partial charge in [-0.2, -0.15) is 0 Å². The Bertz CT molecular complexity index is 818. The Balaban J connectivity index is 2.19. The van der Waals surface area contributed by atoms with Crippen LogP contribution in [0, 0.1) is 12.7 Å². The van der Waals surface area contributed by atoms with Gasteiger partial charge in [0, 0.05) is 19.0 Å². The number of nitrogens with zero attached hydrogens (tertiary/aromatic N) is 1. The Hall–Kier alpha value is -2.69. The number of carbonyl (C=O) groups excluding carboxylic acids is 2. The van der Waals surface area contributed by atoms with Crippen molar-refractivity contribution >= 4 is 11.8 Å². The molecule has 0 unspecified atom stereocenters. The second kappa shape index (κ2) is 11.5. The average Bonchev–Trinajstić information content (AvgIpc) is 2.74. The average molecular weight is 413 g/mol. The SMILES string of the molecule is CC[C@H](C(=O)N[C@@H](C)CC)N(Cc1ccc(F)cc1)C(=O)CCc1ccc(C)cc1. The molecule has 0 aliphatic heterocycles. The van der Waals surface area contributed by atoms with E-state index in [4.69, 9.17) is 0 Å². The monoisotopic (exact) mass is 412 g/mol. The van der Waals surface area contributed by atoms with Crippen molar-refractivity contribution in [3.63, 3.8) is 0 Å². The van der Waals surface area contributed by atoms with Crippen molar-refractivity contribution in [1.29, 1.82) is 0 Å². The van der Waals surface area contributed by atoms with Gasteiger partial charge in [0.1, 0.15) is 11.9 Å². The van der Waals surface area contributed by atoms with Gasteiger partial charge in [-0.3, -0.25) is 9.59 Å². The highest BCUT2D eigenvalue weighted by Gasteiger charge is 2.29. The molecule has 5 heteroatoms. The summed E-state index contributed by atoms with van der Waals surface area (Å²) in [6.45, 7) is 8.18. The van der Waals surface area contributed by atoms with Crippen LogP contribution in [-0.2, 0) is 22.6 Å². The van der Waals surface area contributed by atoms with E-state index in [0.29, 0.717) is 19.3 Å². The van der Waals surface area contributed by atoms with Gasteiger partial charge in [0.05, 0.1) is 0 Å². The van der Waals surface area contributed by atoms with E-state index in [9.17, 15) is 14.0 Å². The van der Waals surface area contributed by atoms with Crippen molar-refractivity contribution in [2.45, 2.75) is 72.0 Å². The number of nitrogens with one attached hydrogen (secondary N) is 1. The van der Waals surface area contributed by atoms with E-state index < -0.39 is 6.04 Å². The summed E-state index contributed by atoms with van der Waals surface area (Å²) < 4.78 is 13.3. The number of hydrogen-bond donors (Lipinski definition) is 1. The number of aryl methyl sites for hydroxylation is 2. The topological polar surface area (TPSA) is 49.4 Å². The second-order valence-electron chi connectivity index (χ2n) is 7.88. The van der Waals surface area contributed by atoms with Gasteiger partial charge in [0.15, 0.2) is 0 Å². The number of amides is 2. The molecule has 0 heterocycles. The first-order valence-electron chi connectivity index (χ1n) is 10.7. The zero-order valence-corrected chi connectivity index (χ0v) is 18.5. The molecule has 1 N–H and O–H groups in total. The van der Waals surface area contributed by atoms with E-state index in [0.717, 1.165) is 17.5 Å². The normalized spacial score (nSPS) is 12.8. The van der Waals surface area contributed by atoms with Crippen LogP contribution in [0.1, 0.15) is 56.7 Å². The zero-order valence-electron chi connectivity index (χ0n) is 18.5. The van der Waals surface area contributed by atoms with Crippen LogP contribution < -0.4 is 5.32 Å². The van der Waals surface area contributed by atoms with Crippen molar-refractivity contribution < 1.29 is 14.0 Å². The highest BCUT2D eigenvalue weighted by molar-refractivity contribution is 5.87. The Kier molecular flexibility index (Phi) is 9.03. The number of carbonyl (C=O) groups is 2. The second-order valence-corrected chi connectivity index (χ2v) is 7.88. The molecule has 0 aromatic heterocycles. The molecule has 2 aromatic carbocycles. The van der Waals surface area contributed by atoms with Crippen LogP contribution >= 0.6 is 0 Å². The number of halogens is 1. The maximum atomic E-state index is 13.3. The Morgan fingerprint density at radius 1 is 0.967 bits per heavy atom. The fraction of sp³-hybridized carbons (Fsp3) is 0.440. The molecule has 0 fully saturated rings. The van der Waals surface area contributed by atoms with Crippen LogP contribution in [0.25, 0.3) is 0 Å². The molecule has 0 saturated carbocycles. The zero-order chi connectivity index (χ0) is 22.1. The van der Waals surface area contributed by atoms with E-state index in [2.05, 4.69) is 5.32 Å².